The second-order valence-electron chi connectivity index (χ2n) is 4.60. The molecule has 15 heavy (non-hydrogen) atoms. The second-order valence-corrected chi connectivity index (χ2v) is 4.60. The van der Waals surface area contributed by atoms with Crippen LogP contribution in [-0.2, 0) is 0 Å². The van der Waals surface area contributed by atoms with Crippen LogP contribution in [0, 0.1) is 5.92 Å². The van der Waals surface area contributed by atoms with E-state index in [-0.39, 0.29) is 0 Å². The summed E-state index contributed by atoms with van der Waals surface area (Å²) < 4.78 is 0. The zero-order valence-electron chi connectivity index (χ0n) is 9.98. The maximum atomic E-state index is 8.57. The molecule has 0 spiro atoms. The molecule has 2 unspecified atom stereocenters. The summed E-state index contributed by atoms with van der Waals surface area (Å²) in [6.45, 7) is 4.41. The molecule has 0 aromatic rings. The number of nitrogens with two attached hydrogens (primary N) is 1. The highest BCUT2D eigenvalue weighted by Gasteiger charge is 2.32. The summed E-state index contributed by atoms with van der Waals surface area (Å²) in [5, 5.41) is 11.6. The van der Waals surface area contributed by atoms with E-state index in [9.17, 15) is 0 Å². The molecule has 1 aliphatic carbocycles. The van der Waals surface area contributed by atoms with E-state index in [1.165, 1.54) is 12.8 Å². The van der Waals surface area contributed by atoms with Gasteiger partial charge < -0.3 is 15.8 Å². The van der Waals surface area contributed by atoms with Gasteiger partial charge in [0.1, 0.15) is 5.84 Å². The molecular weight excluding hydrogens is 190 g/mol. The molecule has 0 aliphatic heterocycles. The summed E-state index contributed by atoms with van der Waals surface area (Å²) in [6, 6.07) is 0.998. The summed E-state index contributed by atoms with van der Waals surface area (Å²) in [5.41, 5.74) is 5.55. The van der Waals surface area contributed by atoms with E-state index in [2.05, 4.69) is 31.0 Å². The monoisotopic (exact) mass is 213 g/mol. The summed E-state index contributed by atoms with van der Waals surface area (Å²) in [7, 11) is 2.14. The largest absolute Gasteiger partial charge is 0.409 e. The van der Waals surface area contributed by atoms with Crippen molar-refractivity contribution < 1.29 is 5.21 Å². The van der Waals surface area contributed by atoms with Gasteiger partial charge in [-0.3, -0.25) is 0 Å². The van der Waals surface area contributed by atoms with Gasteiger partial charge in [0, 0.05) is 18.5 Å². The first-order valence-corrected chi connectivity index (χ1v) is 5.78. The molecular formula is C11H23N3O. The molecule has 1 aliphatic rings. The van der Waals surface area contributed by atoms with E-state index in [1.54, 1.807) is 0 Å². The first-order chi connectivity index (χ1) is 7.10. The van der Waals surface area contributed by atoms with Crippen molar-refractivity contribution in [2.45, 2.75) is 51.6 Å². The van der Waals surface area contributed by atoms with Gasteiger partial charge in [-0.1, -0.05) is 12.1 Å². The molecule has 0 amide bonds. The van der Waals surface area contributed by atoms with Crippen molar-refractivity contribution in [2.75, 3.05) is 7.05 Å². The minimum atomic E-state index is 0.330. The highest BCUT2D eigenvalue weighted by Crippen LogP contribution is 2.35. The van der Waals surface area contributed by atoms with Gasteiger partial charge in [-0.2, -0.15) is 0 Å². The minimum Gasteiger partial charge on any atom is -0.409 e. The number of nitrogens with zero attached hydrogens (tertiary/aromatic N) is 2. The molecule has 2 atom stereocenters. The van der Waals surface area contributed by atoms with Gasteiger partial charge in [0.2, 0.25) is 0 Å². The van der Waals surface area contributed by atoms with Crippen molar-refractivity contribution in [2.24, 2.45) is 16.8 Å². The van der Waals surface area contributed by atoms with Crippen LogP contribution in [0.25, 0.3) is 0 Å². The molecule has 4 nitrogen and oxygen atoms in total. The maximum Gasteiger partial charge on any atom is 0.140 e. The molecule has 1 rings (SSSR count). The van der Waals surface area contributed by atoms with E-state index >= 15 is 0 Å². The molecule has 3 N–H and O–H groups in total. The summed E-state index contributed by atoms with van der Waals surface area (Å²) in [5.74, 6) is 1.19. The molecule has 0 bridgehead atoms. The summed E-state index contributed by atoms with van der Waals surface area (Å²) in [4.78, 5) is 2.37. The number of oxime groups is 1. The van der Waals surface area contributed by atoms with Crippen LogP contribution in [0.1, 0.15) is 39.5 Å². The molecule has 0 heterocycles. The molecule has 0 aromatic carbocycles. The molecule has 1 fully saturated rings. The van der Waals surface area contributed by atoms with Crippen LogP contribution in [0.15, 0.2) is 5.16 Å². The van der Waals surface area contributed by atoms with E-state index in [1.807, 2.05) is 0 Å². The first kappa shape index (κ1) is 12.3. The lowest BCUT2D eigenvalue weighted by atomic mass is 10.1. The Balaban J connectivity index is 2.48. The van der Waals surface area contributed by atoms with E-state index < -0.39 is 0 Å². The molecule has 0 aromatic heterocycles. The van der Waals surface area contributed by atoms with E-state index in [0.717, 1.165) is 12.3 Å². The van der Waals surface area contributed by atoms with Gasteiger partial charge in [-0.05, 0) is 39.2 Å². The number of rotatable bonds is 6. The predicted octanol–water partition coefficient (Wildman–Crippen LogP) is 1.63. The lowest BCUT2D eigenvalue weighted by molar-refractivity contribution is 0.165. The number of amidine groups is 1. The lowest BCUT2D eigenvalue weighted by Gasteiger charge is -2.32. The average Bonchev–Trinajstić information content (AvgIpc) is 3.07. The molecule has 0 saturated heterocycles. The van der Waals surface area contributed by atoms with Crippen molar-refractivity contribution in [1.82, 2.24) is 4.90 Å². The third-order valence-electron chi connectivity index (χ3n) is 3.57. The topological polar surface area (TPSA) is 61.9 Å². The molecule has 0 radical (unpaired) electrons. The van der Waals surface area contributed by atoms with Crippen molar-refractivity contribution in [3.63, 3.8) is 0 Å². The Morgan fingerprint density at radius 3 is 2.60 bits per heavy atom. The van der Waals surface area contributed by atoms with Crippen LogP contribution in [0.5, 0.6) is 0 Å². The van der Waals surface area contributed by atoms with Crippen molar-refractivity contribution in [3.05, 3.63) is 0 Å². The lowest BCUT2D eigenvalue weighted by Crippen LogP contribution is -2.41. The van der Waals surface area contributed by atoms with Gasteiger partial charge in [0.05, 0.1) is 0 Å². The van der Waals surface area contributed by atoms with E-state index in [4.69, 9.17) is 10.9 Å². The van der Waals surface area contributed by atoms with Crippen LogP contribution in [0.2, 0.25) is 0 Å². The zero-order chi connectivity index (χ0) is 11.4. The van der Waals surface area contributed by atoms with Gasteiger partial charge in [0.25, 0.3) is 0 Å². The Morgan fingerprint density at radius 1 is 1.60 bits per heavy atom. The Hall–Kier alpha value is -0.770. The Kier molecular flexibility index (Phi) is 4.39. The van der Waals surface area contributed by atoms with Gasteiger partial charge >= 0.3 is 0 Å². The first-order valence-electron chi connectivity index (χ1n) is 5.78. The fourth-order valence-corrected chi connectivity index (χ4v) is 2.10. The Morgan fingerprint density at radius 2 is 2.20 bits per heavy atom. The van der Waals surface area contributed by atoms with Crippen LogP contribution >= 0.6 is 0 Å². The van der Waals surface area contributed by atoms with Crippen molar-refractivity contribution in [1.29, 1.82) is 0 Å². The maximum absolute atomic E-state index is 8.57. The van der Waals surface area contributed by atoms with Gasteiger partial charge in [0.15, 0.2) is 0 Å². The average molecular weight is 213 g/mol. The second kappa shape index (κ2) is 5.35. The Bertz CT molecular complexity index is 226. The van der Waals surface area contributed by atoms with Crippen LogP contribution < -0.4 is 5.73 Å². The highest BCUT2D eigenvalue weighted by molar-refractivity contribution is 5.80. The molecule has 88 valence electrons. The van der Waals surface area contributed by atoms with Crippen LogP contribution in [0.4, 0.5) is 0 Å². The number of hydrogen-bond acceptors (Lipinski definition) is 3. The summed E-state index contributed by atoms with van der Waals surface area (Å²) in [6.07, 6.45) is 4.39. The fourth-order valence-electron chi connectivity index (χ4n) is 2.10. The zero-order valence-corrected chi connectivity index (χ0v) is 9.98. The quantitative estimate of drug-likeness (QED) is 0.305. The molecule has 1 saturated carbocycles. The molecule has 4 heteroatoms. The smallest absolute Gasteiger partial charge is 0.140 e. The van der Waals surface area contributed by atoms with Crippen molar-refractivity contribution >= 4 is 5.84 Å². The highest BCUT2D eigenvalue weighted by atomic mass is 16.4. The van der Waals surface area contributed by atoms with Crippen molar-refractivity contribution in [3.8, 4) is 0 Å². The van der Waals surface area contributed by atoms with E-state index in [0.29, 0.717) is 24.3 Å². The Labute approximate surface area is 92.1 Å². The normalized spacial score (nSPS) is 21.7. The van der Waals surface area contributed by atoms with Crippen LogP contribution in [0.3, 0.4) is 0 Å². The summed E-state index contributed by atoms with van der Waals surface area (Å²) >= 11 is 0. The van der Waals surface area contributed by atoms with Gasteiger partial charge in [-0.25, -0.2) is 0 Å². The predicted molar refractivity (Wildman–Crippen MR) is 62.1 cm³/mol. The fraction of sp³-hybridized carbons (Fsp3) is 0.909. The number of hydrogen-bond donors (Lipinski definition) is 2. The van der Waals surface area contributed by atoms with Crippen LogP contribution in [-0.4, -0.2) is 35.1 Å². The minimum absolute atomic E-state index is 0.330. The third-order valence-corrected chi connectivity index (χ3v) is 3.57. The SMILES string of the molecule is CCC(C/C(N)=N/O)N(C)C(C)C1CC1. The standard InChI is InChI=1S/C11H23N3O/c1-4-10(7-11(12)13-15)14(3)8(2)9-5-6-9/h8-10,15H,4-7H2,1-3H3,(H2,12,13). The van der Waals surface area contributed by atoms with Gasteiger partial charge in [-0.15, -0.1) is 0 Å². The third kappa shape index (κ3) is 3.38.